The van der Waals surface area contributed by atoms with Crippen molar-refractivity contribution in [1.82, 2.24) is 4.98 Å². The Labute approximate surface area is 125 Å². The number of thiazole rings is 1. The molecule has 2 N–H and O–H groups in total. The highest BCUT2D eigenvalue weighted by Crippen LogP contribution is 2.34. The molecule has 0 spiro atoms. The van der Waals surface area contributed by atoms with Gasteiger partial charge in [0.2, 0.25) is 0 Å². The van der Waals surface area contributed by atoms with Crippen molar-refractivity contribution < 1.29 is 10.2 Å². The van der Waals surface area contributed by atoms with Gasteiger partial charge < -0.3 is 10.2 Å². The molecule has 0 amide bonds. The smallest absolute Gasteiger partial charge is 0.0896 e. The van der Waals surface area contributed by atoms with E-state index in [1.54, 1.807) is 11.3 Å². The van der Waals surface area contributed by atoms with Crippen LogP contribution in [0.25, 0.3) is 0 Å². The molecule has 0 fully saturated rings. The zero-order valence-electron chi connectivity index (χ0n) is 10.6. The van der Waals surface area contributed by atoms with E-state index in [1.807, 2.05) is 37.4 Å². The molecule has 0 saturated carbocycles. The van der Waals surface area contributed by atoms with Crippen molar-refractivity contribution in [3.05, 3.63) is 50.4 Å². The second-order valence-electron chi connectivity index (χ2n) is 4.60. The Balaban J connectivity index is 2.40. The van der Waals surface area contributed by atoms with Crippen LogP contribution in [0.5, 0.6) is 0 Å². The summed E-state index contributed by atoms with van der Waals surface area (Å²) in [5, 5.41) is 20.6. The molecule has 2 aromatic rings. The van der Waals surface area contributed by atoms with E-state index in [0.717, 1.165) is 19.9 Å². The first kappa shape index (κ1) is 14.7. The molecule has 0 unspecified atom stereocenters. The van der Waals surface area contributed by atoms with Crippen LogP contribution in [0, 0.1) is 6.92 Å². The van der Waals surface area contributed by atoms with Crippen molar-refractivity contribution in [2.45, 2.75) is 18.8 Å². The number of nitrogens with zero attached hydrogens (tertiary/aromatic N) is 1. The van der Waals surface area contributed by atoms with Gasteiger partial charge in [0, 0.05) is 21.0 Å². The maximum Gasteiger partial charge on any atom is 0.0896 e. The Hall–Kier alpha value is -0.750. The van der Waals surface area contributed by atoms with Crippen LogP contribution in [0.3, 0.4) is 0 Å². The van der Waals surface area contributed by atoms with E-state index in [2.05, 4.69) is 20.9 Å². The summed E-state index contributed by atoms with van der Waals surface area (Å²) in [6, 6.07) is 7.69. The van der Waals surface area contributed by atoms with Crippen molar-refractivity contribution in [3.8, 4) is 0 Å². The molecular weight excluding hydrogens is 326 g/mol. The lowest BCUT2D eigenvalue weighted by molar-refractivity contribution is 0.116. The lowest BCUT2D eigenvalue weighted by Crippen LogP contribution is -2.37. The third kappa shape index (κ3) is 3.05. The predicted octanol–water partition coefficient (Wildman–Crippen LogP) is 2.68. The third-order valence-electron chi connectivity index (χ3n) is 3.23. The number of aliphatic hydroxyl groups excluding tert-OH is 2. The molecule has 0 aliphatic rings. The minimum atomic E-state index is -0.681. The van der Waals surface area contributed by atoms with Crippen LogP contribution in [0.15, 0.2) is 34.9 Å². The van der Waals surface area contributed by atoms with Gasteiger partial charge in [0.05, 0.1) is 18.2 Å². The number of hydrogen-bond donors (Lipinski definition) is 2. The average Bonchev–Trinajstić information content (AvgIpc) is 2.82. The first-order valence-electron chi connectivity index (χ1n) is 5.99. The second kappa shape index (κ2) is 6.13. The van der Waals surface area contributed by atoms with E-state index in [4.69, 9.17) is 0 Å². The summed E-state index contributed by atoms with van der Waals surface area (Å²) < 4.78 is 0.902. The Morgan fingerprint density at radius 1 is 1.26 bits per heavy atom. The number of aromatic nitrogens is 1. The summed E-state index contributed by atoms with van der Waals surface area (Å²) in [4.78, 5) is 5.30. The number of hydrogen-bond acceptors (Lipinski definition) is 4. The van der Waals surface area contributed by atoms with Crippen molar-refractivity contribution in [3.63, 3.8) is 0 Å². The zero-order chi connectivity index (χ0) is 13.9. The van der Waals surface area contributed by atoms with E-state index in [9.17, 15) is 10.2 Å². The zero-order valence-corrected chi connectivity index (χ0v) is 13.0. The molecule has 0 atom stereocenters. The molecule has 0 aliphatic carbocycles. The molecule has 1 aromatic heterocycles. The van der Waals surface area contributed by atoms with Crippen LogP contribution in [0.1, 0.15) is 15.4 Å². The molecule has 1 aromatic carbocycles. The second-order valence-corrected chi connectivity index (χ2v) is 6.77. The van der Waals surface area contributed by atoms with E-state index < -0.39 is 5.41 Å². The van der Waals surface area contributed by atoms with Gasteiger partial charge in [0.15, 0.2) is 0 Å². The van der Waals surface area contributed by atoms with Crippen molar-refractivity contribution in [2.75, 3.05) is 13.2 Å². The molecule has 3 nitrogen and oxygen atoms in total. The van der Waals surface area contributed by atoms with Crippen LogP contribution in [0.2, 0.25) is 0 Å². The summed E-state index contributed by atoms with van der Waals surface area (Å²) in [6.07, 6.45) is 2.39. The summed E-state index contributed by atoms with van der Waals surface area (Å²) >= 11 is 5.10. The topological polar surface area (TPSA) is 53.4 Å². The fourth-order valence-corrected chi connectivity index (χ4v) is 3.78. The van der Waals surface area contributed by atoms with Crippen molar-refractivity contribution in [2.24, 2.45) is 0 Å². The van der Waals surface area contributed by atoms with Crippen LogP contribution in [-0.2, 0) is 11.8 Å². The Bertz CT molecular complexity index is 552. The molecule has 1 heterocycles. The van der Waals surface area contributed by atoms with Gasteiger partial charge in [-0.25, -0.2) is 4.98 Å². The standard InChI is InChI=1S/C14H16BrNO2S/c1-10-16-7-11(19-10)6-14(8-17,9-18)12-4-2-3-5-13(12)15/h2-5,7,17-18H,6,8-9H2,1H3. The molecule has 19 heavy (non-hydrogen) atoms. The first-order chi connectivity index (χ1) is 9.11. The first-order valence-corrected chi connectivity index (χ1v) is 7.60. The van der Waals surface area contributed by atoms with Gasteiger partial charge in [-0.15, -0.1) is 11.3 Å². The van der Waals surface area contributed by atoms with Crippen LogP contribution < -0.4 is 0 Å². The van der Waals surface area contributed by atoms with E-state index in [1.165, 1.54) is 0 Å². The van der Waals surface area contributed by atoms with Gasteiger partial charge in [-0.1, -0.05) is 34.1 Å². The highest BCUT2D eigenvalue weighted by Gasteiger charge is 2.33. The van der Waals surface area contributed by atoms with E-state index >= 15 is 0 Å². The van der Waals surface area contributed by atoms with E-state index in [0.29, 0.717) is 6.42 Å². The van der Waals surface area contributed by atoms with Gasteiger partial charge in [0.25, 0.3) is 0 Å². The Morgan fingerprint density at radius 3 is 2.47 bits per heavy atom. The number of rotatable bonds is 5. The maximum atomic E-state index is 9.83. The molecule has 2 rings (SSSR count). The molecule has 5 heteroatoms. The molecule has 0 saturated heterocycles. The lowest BCUT2D eigenvalue weighted by atomic mass is 9.78. The number of benzene rings is 1. The van der Waals surface area contributed by atoms with Gasteiger partial charge in [-0.3, -0.25) is 0 Å². The Morgan fingerprint density at radius 2 is 1.95 bits per heavy atom. The third-order valence-corrected chi connectivity index (χ3v) is 4.84. The van der Waals surface area contributed by atoms with Crippen LogP contribution in [0.4, 0.5) is 0 Å². The van der Waals surface area contributed by atoms with Gasteiger partial charge in [-0.2, -0.15) is 0 Å². The van der Waals surface area contributed by atoms with Gasteiger partial charge in [-0.05, 0) is 25.0 Å². The van der Waals surface area contributed by atoms with Crippen LogP contribution in [-0.4, -0.2) is 28.4 Å². The summed E-state index contributed by atoms with van der Waals surface area (Å²) in [5.74, 6) is 0. The van der Waals surface area contributed by atoms with Crippen molar-refractivity contribution in [1.29, 1.82) is 0 Å². The highest BCUT2D eigenvalue weighted by molar-refractivity contribution is 9.10. The number of aryl methyl sites for hydroxylation is 1. The molecular formula is C14H16BrNO2S. The fraction of sp³-hybridized carbons (Fsp3) is 0.357. The number of halogens is 1. The van der Waals surface area contributed by atoms with E-state index in [-0.39, 0.29) is 13.2 Å². The lowest BCUT2D eigenvalue weighted by Gasteiger charge is -2.30. The van der Waals surface area contributed by atoms with Crippen LogP contribution >= 0.6 is 27.3 Å². The SMILES string of the molecule is Cc1ncc(CC(CO)(CO)c2ccccc2Br)s1. The molecule has 0 radical (unpaired) electrons. The molecule has 0 bridgehead atoms. The predicted molar refractivity (Wildman–Crippen MR) is 80.5 cm³/mol. The fourth-order valence-electron chi connectivity index (χ4n) is 2.14. The summed E-state index contributed by atoms with van der Waals surface area (Å²) in [5.41, 5.74) is 0.241. The summed E-state index contributed by atoms with van der Waals surface area (Å²) in [6.45, 7) is 1.73. The molecule has 0 aliphatic heterocycles. The normalized spacial score (nSPS) is 11.8. The van der Waals surface area contributed by atoms with Gasteiger partial charge in [0.1, 0.15) is 0 Å². The molecule has 102 valence electrons. The highest BCUT2D eigenvalue weighted by atomic mass is 79.9. The Kier molecular flexibility index (Phi) is 4.73. The minimum Gasteiger partial charge on any atom is -0.395 e. The number of aliphatic hydroxyl groups is 2. The van der Waals surface area contributed by atoms with Gasteiger partial charge >= 0.3 is 0 Å². The monoisotopic (exact) mass is 341 g/mol. The maximum absolute atomic E-state index is 9.83. The van der Waals surface area contributed by atoms with Crippen molar-refractivity contribution >= 4 is 27.3 Å². The minimum absolute atomic E-state index is 0.108. The average molecular weight is 342 g/mol. The summed E-state index contributed by atoms with van der Waals surface area (Å²) in [7, 11) is 0. The quantitative estimate of drug-likeness (QED) is 0.878. The largest absolute Gasteiger partial charge is 0.395 e.